The Morgan fingerprint density at radius 3 is 2.55 bits per heavy atom. The Morgan fingerprint density at radius 1 is 1.13 bits per heavy atom. The maximum Gasteiger partial charge on any atom is 0.248 e. The molecule has 0 atom stereocenters. The number of aromatic amines is 1. The molecular formula is C26H33Cl2N5O5. The summed E-state index contributed by atoms with van der Waals surface area (Å²) in [6.07, 6.45) is 2.42. The normalized spacial score (nSPS) is 13.2. The van der Waals surface area contributed by atoms with Gasteiger partial charge in [-0.1, -0.05) is 23.2 Å². The first-order chi connectivity index (χ1) is 18.5. The molecule has 1 aromatic carbocycles. The van der Waals surface area contributed by atoms with Crippen LogP contribution in [0.3, 0.4) is 0 Å². The second-order valence-corrected chi connectivity index (χ2v) is 9.55. The van der Waals surface area contributed by atoms with Crippen LogP contribution >= 0.6 is 23.2 Å². The van der Waals surface area contributed by atoms with Crippen molar-refractivity contribution >= 4 is 45.8 Å². The fraction of sp³-hybridized carbons (Fsp3) is 0.462. The van der Waals surface area contributed by atoms with Crippen molar-refractivity contribution in [2.75, 3.05) is 71.2 Å². The molecule has 0 spiro atoms. The number of nitrogens with zero attached hydrogens (tertiary/aromatic N) is 2. The SMILES string of the molecule is NCCOCCOCCOCCNc1ccc(-c2cc(Cl)c(Cl)c3[nH]c4c(c23)CN(C(=O)CO)CC4)cn1. The van der Waals surface area contributed by atoms with Crippen molar-refractivity contribution < 1.29 is 24.1 Å². The summed E-state index contributed by atoms with van der Waals surface area (Å²) in [7, 11) is 0. The number of benzene rings is 1. The average molecular weight is 566 g/mol. The van der Waals surface area contributed by atoms with Gasteiger partial charge in [-0.2, -0.15) is 0 Å². The Bertz CT molecular complexity index is 1220. The number of aliphatic hydroxyl groups excluding tert-OH is 1. The van der Waals surface area contributed by atoms with E-state index in [1.165, 1.54) is 0 Å². The zero-order valence-corrected chi connectivity index (χ0v) is 22.6. The molecule has 0 bridgehead atoms. The van der Waals surface area contributed by atoms with Gasteiger partial charge in [-0.3, -0.25) is 4.79 Å². The van der Waals surface area contributed by atoms with Crippen LogP contribution in [0.25, 0.3) is 22.0 Å². The predicted octanol–water partition coefficient (Wildman–Crippen LogP) is 2.83. The Labute approximate surface area is 231 Å². The van der Waals surface area contributed by atoms with E-state index in [1.807, 2.05) is 18.2 Å². The molecule has 3 aromatic rings. The van der Waals surface area contributed by atoms with Gasteiger partial charge in [-0.15, -0.1) is 0 Å². The van der Waals surface area contributed by atoms with Crippen LogP contribution in [-0.2, 0) is 32.0 Å². The molecule has 5 N–H and O–H groups in total. The van der Waals surface area contributed by atoms with Gasteiger partial charge in [0.2, 0.25) is 5.91 Å². The number of pyridine rings is 1. The number of nitrogens with two attached hydrogens (primary N) is 1. The van der Waals surface area contributed by atoms with Gasteiger partial charge in [-0.25, -0.2) is 4.98 Å². The molecule has 1 amide bonds. The van der Waals surface area contributed by atoms with E-state index in [9.17, 15) is 9.90 Å². The first kappa shape index (κ1) is 28.6. The molecule has 12 heteroatoms. The van der Waals surface area contributed by atoms with E-state index in [0.717, 1.165) is 39.1 Å². The number of hydrogen-bond acceptors (Lipinski definition) is 8. The number of ether oxygens (including phenoxy) is 3. The standard InChI is InChI=1S/C26H33Cl2N5O5/c27-20-13-18(24-19-15-33(23(35)16-34)6-3-21(19)32-26(24)25(20)28)17-1-2-22(31-14-17)30-5-8-37-10-12-38-11-9-36-7-4-29/h1-2,13-14,32,34H,3-12,15-16,29H2,(H,30,31). The number of hydrogen-bond donors (Lipinski definition) is 4. The van der Waals surface area contributed by atoms with Crippen LogP contribution in [-0.4, -0.2) is 91.8 Å². The third kappa shape index (κ3) is 6.95. The Kier molecular flexibility index (Phi) is 10.6. The van der Waals surface area contributed by atoms with Gasteiger partial charge in [-0.05, 0) is 23.8 Å². The van der Waals surface area contributed by atoms with Gasteiger partial charge >= 0.3 is 0 Å². The molecule has 0 aliphatic carbocycles. The topological polar surface area (TPSA) is 135 Å². The molecule has 3 heterocycles. The van der Waals surface area contributed by atoms with Crippen LogP contribution in [0.5, 0.6) is 0 Å². The fourth-order valence-corrected chi connectivity index (χ4v) is 4.81. The van der Waals surface area contributed by atoms with Crippen molar-refractivity contribution in [3.05, 3.63) is 45.7 Å². The highest BCUT2D eigenvalue weighted by Gasteiger charge is 2.27. The first-order valence-electron chi connectivity index (χ1n) is 12.6. The number of fused-ring (bicyclic) bond motifs is 3. The van der Waals surface area contributed by atoms with Crippen LogP contribution in [0.2, 0.25) is 10.0 Å². The predicted molar refractivity (Wildman–Crippen MR) is 148 cm³/mol. The molecule has 0 saturated heterocycles. The molecule has 206 valence electrons. The molecule has 0 saturated carbocycles. The van der Waals surface area contributed by atoms with E-state index in [0.29, 0.717) is 82.3 Å². The molecule has 4 rings (SSSR count). The summed E-state index contributed by atoms with van der Waals surface area (Å²) in [5, 5.41) is 14.4. The van der Waals surface area contributed by atoms with Crippen molar-refractivity contribution in [1.82, 2.24) is 14.9 Å². The molecule has 1 aliphatic rings. The lowest BCUT2D eigenvalue weighted by atomic mass is 9.97. The summed E-state index contributed by atoms with van der Waals surface area (Å²) in [5.74, 6) is 0.422. The molecule has 38 heavy (non-hydrogen) atoms. The van der Waals surface area contributed by atoms with Gasteiger partial charge < -0.3 is 40.3 Å². The van der Waals surface area contributed by atoms with E-state index < -0.39 is 6.61 Å². The second kappa shape index (κ2) is 14.1. The van der Waals surface area contributed by atoms with Gasteiger partial charge in [0.05, 0.1) is 55.2 Å². The van der Waals surface area contributed by atoms with Gasteiger partial charge in [0.1, 0.15) is 12.4 Å². The quantitative estimate of drug-likeness (QED) is 0.219. The lowest BCUT2D eigenvalue weighted by Gasteiger charge is -2.27. The minimum atomic E-state index is -0.515. The molecule has 0 radical (unpaired) electrons. The summed E-state index contributed by atoms with van der Waals surface area (Å²) in [4.78, 5) is 21.8. The third-order valence-corrected chi connectivity index (χ3v) is 7.05. The highest BCUT2D eigenvalue weighted by Crippen LogP contribution is 2.42. The largest absolute Gasteiger partial charge is 0.387 e. The van der Waals surface area contributed by atoms with Crippen molar-refractivity contribution in [2.45, 2.75) is 13.0 Å². The number of anilines is 1. The van der Waals surface area contributed by atoms with Crippen molar-refractivity contribution in [2.24, 2.45) is 5.73 Å². The smallest absolute Gasteiger partial charge is 0.248 e. The minimum absolute atomic E-state index is 0.298. The minimum Gasteiger partial charge on any atom is -0.387 e. The lowest BCUT2D eigenvalue weighted by Crippen LogP contribution is -2.37. The maximum atomic E-state index is 12.1. The highest BCUT2D eigenvalue weighted by atomic mass is 35.5. The number of carbonyl (C=O) groups is 1. The monoisotopic (exact) mass is 565 g/mol. The number of amides is 1. The summed E-state index contributed by atoms with van der Waals surface area (Å²) < 4.78 is 16.2. The number of carbonyl (C=O) groups excluding carboxylic acids is 1. The second-order valence-electron chi connectivity index (χ2n) is 8.76. The molecule has 2 aromatic heterocycles. The van der Waals surface area contributed by atoms with Crippen LogP contribution in [0.4, 0.5) is 5.82 Å². The first-order valence-corrected chi connectivity index (χ1v) is 13.3. The van der Waals surface area contributed by atoms with Gasteiger partial charge in [0, 0.05) is 61.0 Å². The maximum absolute atomic E-state index is 12.1. The summed E-state index contributed by atoms with van der Waals surface area (Å²) in [6.45, 7) is 4.63. The van der Waals surface area contributed by atoms with Crippen LogP contribution < -0.4 is 11.1 Å². The molecule has 0 fully saturated rings. The number of aromatic nitrogens is 2. The number of halogens is 2. The number of rotatable bonds is 14. The zero-order chi connectivity index (χ0) is 26.9. The number of nitrogens with one attached hydrogen (secondary N) is 2. The molecular weight excluding hydrogens is 533 g/mol. The van der Waals surface area contributed by atoms with E-state index >= 15 is 0 Å². The van der Waals surface area contributed by atoms with Crippen molar-refractivity contribution in [3.8, 4) is 11.1 Å². The Hall–Kier alpha value is -2.44. The molecule has 0 unspecified atom stereocenters. The van der Waals surface area contributed by atoms with Crippen LogP contribution in [0.15, 0.2) is 24.4 Å². The lowest BCUT2D eigenvalue weighted by molar-refractivity contribution is -0.135. The van der Waals surface area contributed by atoms with E-state index in [4.69, 9.17) is 43.1 Å². The van der Waals surface area contributed by atoms with E-state index in [1.54, 1.807) is 11.1 Å². The highest BCUT2D eigenvalue weighted by molar-refractivity contribution is 6.45. The molecule has 10 nitrogen and oxygen atoms in total. The average Bonchev–Trinajstić information content (AvgIpc) is 3.33. The van der Waals surface area contributed by atoms with Gasteiger partial charge in [0.25, 0.3) is 0 Å². The van der Waals surface area contributed by atoms with E-state index in [-0.39, 0.29) is 5.91 Å². The van der Waals surface area contributed by atoms with Crippen molar-refractivity contribution in [1.29, 1.82) is 0 Å². The number of H-pyrrole nitrogens is 1. The Morgan fingerprint density at radius 2 is 1.87 bits per heavy atom. The fourth-order valence-electron chi connectivity index (χ4n) is 4.41. The summed E-state index contributed by atoms with van der Waals surface area (Å²) >= 11 is 13.0. The third-order valence-electron chi connectivity index (χ3n) is 6.26. The van der Waals surface area contributed by atoms with Gasteiger partial charge in [0.15, 0.2) is 0 Å². The van der Waals surface area contributed by atoms with E-state index in [2.05, 4.69) is 15.3 Å². The summed E-state index contributed by atoms with van der Waals surface area (Å²) in [5.41, 5.74) is 9.84. The summed E-state index contributed by atoms with van der Waals surface area (Å²) in [6, 6.07) is 5.70. The molecule has 1 aliphatic heterocycles. The Balaban J connectivity index is 1.36. The van der Waals surface area contributed by atoms with Crippen LogP contribution in [0.1, 0.15) is 11.3 Å². The van der Waals surface area contributed by atoms with Crippen LogP contribution in [0, 0.1) is 0 Å². The number of aliphatic hydroxyl groups is 1. The van der Waals surface area contributed by atoms with Crippen molar-refractivity contribution in [3.63, 3.8) is 0 Å². The zero-order valence-electron chi connectivity index (χ0n) is 21.1.